The van der Waals surface area contributed by atoms with Crippen molar-refractivity contribution in [2.45, 2.75) is 44.6 Å². The van der Waals surface area contributed by atoms with Gasteiger partial charge in [0.25, 0.3) is 0 Å². The fourth-order valence-corrected chi connectivity index (χ4v) is 4.51. The van der Waals surface area contributed by atoms with Crippen LogP contribution in [0.1, 0.15) is 43.5 Å². The third-order valence-corrected chi connectivity index (χ3v) is 6.88. The molecule has 142 valence electrons. The summed E-state index contributed by atoms with van der Waals surface area (Å²) < 4.78 is 32.3. The molecule has 0 radical (unpaired) electrons. The van der Waals surface area contributed by atoms with Crippen LogP contribution >= 0.6 is 0 Å². The molecule has 8 heteroatoms. The monoisotopic (exact) mass is 378 g/mol. The molecule has 1 fully saturated rings. The highest BCUT2D eigenvalue weighted by molar-refractivity contribution is 7.89. The predicted molar refractivity (Wildman–Crippen MR) is 98.2 cm³/mol. The van der Waals surface area contributed by atoms with Gasteiger partial charge in [-0.15, -0.1) is 0 Å². The van der Waals surface area contributed by atoms with Gasteiger partial charge < -0.3 is 4.52 Å². The molecule has 1 aromatic carbocycles. The lowest BCUT2D eigenvalue weighted by Gasteiger charge is -2.33. The highest BCUT2D eigenvalue weighted by Crippen LogP contribution is 2.23. The van der Waals surface area contributed by atoms with Crippen molar-refractivity contribution in [2.75, 3.05) is 26.2 Å². The predicted octanol–water partition coefficient (Wildman–Crippen LogP) is 2.40. The topological polar surface area (TPSA) is 79.5 Å². The van der Waals surface area contributed by atoms with Gasteiger partial charge in [-0.2, -0.15) is 9.29 Å². The fourth-order valence-electron chi connectivity index (χ4n) is 3.09. The number of hydrogen-bond donors (Lipinski definition) is 0. The molecule has 1 saturated heterocycles. The second-order valence-electron chi connectivity index (χ2n) is 6.79. The molecule has 0 spiro atoms. The normalized spacial score (nSPS) is 18.1. The van der Waals surface area contributed by atoms with Gasteiger partial charge in [-0.3, -0.25) is 4.90 Å². The number of sulfonamides is 1. The highest BCUT2D eigenvalue weighted by Gasteiger charge is 2.29. The summed E-state index contributed by atoms with van der Waals surface area (Å²) in [5, 5.41) is 3.89. The third-order valence-electron chi connectivity index (χ3n) is 4.97. The summed E-state index contributed by atoms with van der Waals surface area (Å²) in [6.45, 7) is 8.84. The van der Waals surface area contributed by atoms with E-state index in [4.69, 9.17) is 4.52 Å². The number of nitrogens with zero attached hydrogens (tertiary/aromatic N) is 4. The van der Waals surface area contributed by atoms with Crippen LogP contribution in [0.5, 0.6) is 0 Å². The van der Waals surface area contributed by atoms with Gasteiger partial charge in [0.1, 0.15) is 0 Å². The number of aryl methyl sites for hydroxylation is 1. The van der Waals surface area contributed by atoms with Crippen molar-refractivity contribution in [3.8, 4) is 0 Å². The average Bonchev–Trinajstić information content (AvgIpc) is 3.06. The summed E-state index contributed by atoms with van der Waals surface area (Å²) >= 11 is 0. The van der Waals surface area contributed by atoms with Crippen LogP contribution < -0.4 is 0 Å². The summed E-state index contributed by atoms with van der Waals surface area (Å²) in [6, 6.07) is 7.31. The van der Waals surface area contributed by atoms with E-state index in [0.29, 0.717) is 55.3 Å². The molecule has 26 heavy (non-hydrogen) atoms. The Hall–Kier alpha value is -1.77. The zero-order valence-electron chi connectivity index (χ0n) is 15.6. The first-order valence-electron chi connectivity index (χ1n) is 9.01. The number of aromatic nitrogens is 2. The van der Waals surface area contributed by atoms with Crippen LogP contribution in [0.2, 0.25) is 0 Å². The zero-order valence-corrected chi connectivity index (χ0v) is 16.4. The highest BCUT2D eigenvalue weighted by atomic mass is 32.2. The Morgan fingerprint density at radius 2 is 1.81 bits per heavy atom. The molecule has 0 saturated carbocycles. The lowest BCUT2D eigenvalue weighted by Crippen LogP contribution is -2.48. The fraction of sp³-hybridized carbons (Fsp3) is 0.556. The Balaban J connectivity index is 1.62. The maximum absolute atomic E-state index is 12.9. The SMILES string of the molecule is CCC(C)c1ccc(S(=O)(=O)N2CCN(Cc3noc(C)n3)CC2)cc1. The second-order valence-corrected chi connectivity index (χ2v) is 8.73. The summed E-state index contributed by atoms with van der Waals surface area (Å²) in [4.78, 5) is 6.71. The molecule has 1 aliphatic rings. The Morgan fingerprint density at radius 1 is 1.15 bits per heavy atom. The standard InChI is InChI=1S/C18H26N4O3S/c1-4-14(2)16-5-7-17(8-6-16)26(23,24)22-11-9-21(10-12-22)13-18-19-15(3)25-20-18/h5-8,14H,4,9-13H2,1-3H3. The molecule has 1 aromatic heterocycles. The third kappa shape index (κ3) is 4.13. The molecular weight excluding hydrogens is 352 g/mol. The number of hydrogen-bond acceptors (Lipinski definition) is 6. The van der Waals surface area contributed by atoms with Crippen molar-refractivity contribution in [1.82, 2.24) is 19.3 Å². The van der Waals surface area contributed by atoms with Gasteiger partial charge in [0.15, 0.2) is 5.82 Å². The quantitative estimate of drug-likeness (QED) is 0.768. The van der Waals surface area contributed by atoms with Gasteiger partial charge in [-0.25, -0.2) is 8.42 Å². The average molecular weight is 378 g/mol. The van der Waals surface area contributed by atoms with Crippen molar-refractivity contribution in [2.24, 2.45) is 0 Å². The molecular formula is C18H26N4O3S. The molecule has 1 unspecified atom stereocenters. The van der Waals surface area contributed by atoms with E-state index in [2.05, 4.69) is 28.9 Å². The van der Waals surface area contributed by atoms with E-state index < -0.39 is 10.0 Å². The first-order chi connectivity index (χ1) is 12.4. The Bertz CT molecular complexity index is 824. The summed E-state index contributed by atoms with van der Waals surface area (Å²) in [7, 11) is -3.45. The van der Waals surface area contributed by atoms with Crippen LogP contribution in [0.15, 0.2) is 33.7 Å². The molecule has 2 heterocycles. The van der Waals surface area contributed by atoms with E-state index in [1.54, 1.807) is 23.4 Å². The number of benzene rings is 1. The number of rotatable bonds is 6. The van der Waals surface area contributed by atoms with E-state index >= 15 is 0 Å². The van der Waals surface area contributed by atoms with Crippen LogP contribution in [0.3, 0.4) is 0 Å². The van der Waals surface area contributed by atoms with Gasteiger partial charge >= 0.3 is 0 Å². The molecule has 1 atom stereocenters. The maximum atomic E-state index is 12.9. The van der Waals surface area contributed by atoms with Crippen molar-refractivity contribution >= 4 is 10.0 Å². The van der Waals surface area contributed by atoms with E-state index in [9.17, 15) is 8.42 Å². The molecule has 3 rings (SSSR count). The molecule has 0 bridgehead atoms. The van der Waals surface area contributed by atoms with Gasteiger partial charge in [0, 0.05) is 33.1 Å². The maximum Gasteiger partial charge on any atom is 0.243 e. The van der Waals surface area contributed by atoms with E-state index in [1.165, 1.54) is 5.56 Å². The molecule has 7 nitrogen and oxygen atoms in total. The lowest BCUT2D eigenvalue weighted by atomic mass is 9.99. The summed E-state index contributed by atoms with van der Waals surface area (Å²) in [5.74, 6) is 1.62. The van der Waals surface area contributed by atoms with Crippen molar-refractivity contribution in [1.29, 1.82) is 0 Å². The minimum atomic E-state index is -3.45. The Morgan fingerprint density at radius 3 is 2.35 bits per heavy atom. The largest absolute Gasteiger partial charge is 0.340 e. The van der Waals surface area contributed by atoms with E-state index in [-0.39, 0.29) is 0 Å². The second kappa shape index (κ2) is 7.85. The van der Waals surface area contributed by atoms with Crippen LogP contribution in [0.25, 0.3) is 0 Å². The smallest absolute Gasteiger partial charge is 0.243 e. The van der Waals surface area contributed by atoms with Crippen molar-refractivity contribution in [3.63, 3.8) is 0 Å². The lowest BCUT2D eigenvalue weighted by molar-refractivity contribution is 0.176. The molecule has 1 aliphatic heterocycles. The first-order valence-corrected chi connectivity index (χ1v) is 10.5. The number of piperazine rings is 1. The minimum absolute atomic E-state index is 0.367. The van der Waals surface area contributed by atoms with Gasteiger partial charge in [-0.05, 0) is 30.0 Å². The van der Waals surface area contributed by atoms with Gasteiger partial charge in [0.2, 0.25) is 15.9 Å². The summed E-state index contributed by atoms with van der Waals surface area (Å²) in [6.07, 6.45) is 1.04. The zero-order chi connectivity index (χ0) is 18.7. The van der Waals surface area contributed by atoms with Gasteiger partial charge in [-0.1, -0.05) is 31.1 Å². The van der Waals surface area contributed by atoms with Crippen molar-refractivity contribution < 1.29 is 12.9 Å². The minimum Gasteiger partial charge on any atom is -0.340 e. The van der Waals surface area contributed by atoms with Crippen molar-refractivity contribution in [3.05, 3.63) is 41.5 Å². The molecule has 0 aliphatic carbocycles. The molecule has 0 N–H and O–H groups in total. The Kier molecular flexibility index (Phi) is 5.74. The van der Waals surface area contributed by atoms with Crippen LogP contribution in [-0.4, -0.2) is 53.9 Å². The molecule has 2 aromatic rings. The van der Waals surface area contributed by atoms with Crippen LogP contribution in [-0.2, 0) is 16.6 Å². The van der Waals surface area contributed by atoms with Crippen LogP contribution in [0.4, 0.5) is 0 Å². The van der Waals surface area contributed by atoms with Gasteiger partial charge in [0.05, 0.1) is 11.4 Å². The Labute approximate surface area is 155 Å². The molecule has 0 amide bonds. The first kappa shape index (κ1) is 19.0. The van der Waals surface area contributed by atoms with Crippen LogP contribution in [0, 0.1) is 6.92 Å². The van der Waals surface area contributed by atoms with E-state index in [0.717, 1.165) is 6.42 Å². The summed E-state index contributed by atoms with van der Waals surface area (Å²) in [5.41, 5.74) is 1.17. The van der Waals surface area contributed by atoms with E-state index in [1.807, 2.05) is 12.1 Å².